The molecule has 0 fully saturated rings. The second-order valence-electron chi connectivity index (χ2n) is 19.9. The number of benzene rings is 5. The van der Waals surface area contributed by atoms with Gasteiger partial charge in [-0.25, -0.2) is 0 Å². The summed E-state index contributed by atoms with van der Waals surface area (Å²) in [6, 6.07) is 28.8. The van der Waals surface area contributed by atoms with Gasteiger partial charge < -0.3 is 34.6 Å². The molecule has 9 rings (SSSR count). The van der Waals surface area contributed by atoms with Crippen LogP contribution >= 0.6 is 0 Å². The highest BCUT2D eigenvalue weighted by atomic mass is 16.5. The zero-order valence-corrected chi connectivity index (χ0v) is 41.9. The van der Waals surface area contributed by atoms with E-state index in [1.54, 1.807) is 27.0 Å². The number of fused-ring (bicyclic) bond motifs is 8. The smallest absolute Gasteiger partial charge is 0.258 e. The minimum atomic E-state index is -0.783. The van der Waals surface area contributed by atoms with Crippen molar-refractivity contribution >= 4 is 52.3 Å². The predicted octanol–water partition coefficient (Wildman–Crippen LogP) is 9.78. The van der Waals surface area contributed by atoms with Gasteiger partial charge >= 0.3 is 0 Å². The number of ether oxygens (including phenoxy) is 3. The van der Waals surface area contributed by atoms with E-state index in [0.29, 0.717) is 66.2 Å². The second kappa shape index (κ2) is 21.6. The highest BCUT2D eigenvalue weighted by Gasteiger charge is 2.39. The van der Waals surface area contributed by atoms with E-state index in [2.05, 4.69) is 22.8 Å². The molecule has 0 aliphatic carbocycles. The zero-order chi connectivity index (χ0) is 50.6. The van der Waals surface area contributed by atoms with E-state index in [0.717, 1.165) is 71.3 Å². The van der Waals surface area contributed by atoms with Crippen LogP contribution in [0.2, 0.25) is 0 Å². The van der Waals surface area contributed by atoms with Crippen LogP contribution in [0, 0.1) is 12.8 Å². The summed E-state index contributed by atoms with van der Waals surface area (Å²) in [5.41, 5.74) is 10.2. The molecule has 4 aliphatic rings. The van der Waals surface area contributed by atoms with Crippen molar-refractivity contribution in [1.82, 2.24) is 5.32 Å². The number of amides is 4. The number of Topliss-reactive ketones (excluding diaryl/α,β-unsaturated/α-hetero) is 2. The fraction of sp³-hybridized carbons (Fsp3) is 0.390. The van der Waals surface area contributed by atoms with Gasteiger partial charge in [0.15, 0.2) is 17.3 Å². The summed E-state index contributed by atoms with van der Waals surface area (Å²) in [6.07, 6.45) is 6.91. The van der Waals surface area contributed by atoms with Crippen LogP contribution in [0.4, 0.5) is 17.1 Å². The van der Waals surface area contributed by atoms with Gasteiger partial charge in [-0.3, -0.25) is 28.8 Å². The zero-order valence-electron chi connectivity index (χ0n) is 41.9. The van der Waals surface area contributed by atoms with Crippen LogP contribution in [0.3, 0.4) is 0 Å². The largest absolute Gasteiger partial charge is 0.493 e. The Hall–Kier alpha value is -7.28. The summed E-state index contributed by atoms with van der Waals surface area (Å²) in [4.78, 5) is 83.4. The van der Waals surface area contributed by atoms with Crippen LogP contribution in [0.25, 0.3) is 0 Å². The van der Waals surface area contributed by atoms with Gasteiger partial charge in [-0.15, -0.1) is 0 Å². The maximum Gasteiger partial charge on any atom is 0.258 e. The molecule has 0 unspecified atom stereocenters. The minimum Gasteiger partial charge on any atom is -0.493 e. The SMILES string of the molecule is CCC(=O)CCCCC(=O)N[C@H](C)C(=O)C[C@@H](C)C(=O)Nc1cc(COc2cc3c(cc2C)C(=O)N2c4ccccc4C[C@H]2CC3)cc(COc2cc3c(cc2OC)C(=O)N2c4ccccc4C[C@H]2CC3)c1. The van der Waals surface area contributed by atoms with Crippen molar-refractivity contribution in [3.63, 3.8) is 0 Å². The third kappa shape index (κ3) is 10.7. The number of unbranched alkanes of at least 4 members (excludes halogenated alkanes) is 1. The van der Waals surface area contributed by atoms with E-state index >= 15 is 0 Å². The molecule has 0 bridgehead atoms. The number of rotatable bonds is 19. The van der Waals surface area contributed by atoms with Gasteiger partial charge in [0.05, 0.1) is 13.2 Å². The number of para-hydroxylation sites is 2. The normalized spacial score (nSPS) is 17.2. The summed E-state index contributed by atoms with van der Waals surface area (Å²) < 4.78 is 18.9. The lowest BCUT2D eigenvalue weighted by Crippen LogP contribution is -2.39. The first-order valence-corrected chi connectivity index (χ1v) is 25.5. The van der Waals surface area contributed by atoms with Crippen LogP contribution in [0.5, 0.6) is 17.2 Å². The molecule has 0 aromatic heterocycles. The summed E-state index contributed by atoms with van der Waals surface area (Å²) >= 11 is 0. The number of carbonyl (C=O) groups is 6. The Morgan fingerprint density at radius 3 is 1.83 bits per heavy atom. The number of nitrogens with one attached hydrogen (secondary N) is 2. The van der Waals surface area contributed by atoms with Crippen LogP contribution < -0.4 is 34.6 Å². The Labute approximate surface area is 421 Å². The highest BCUT2D eigenvalue weighted by Crippen LogP contribution is 2.42. The monoisotopic (exact) mass is 972 g/mol. The molecule has 5 aromatic rings. The lowest BCUT2D eigenvalue weighted by molar-refractivity contribution is -0.129. The third-order valence-corrected chi connectivity index (χ3v) is 14.8. The van der Waals surface area contributed by atoms with E-state index in [1.165, 1.54) is 11.1 Å². The molecule has 4 amide bonds. The van der Waals surface area contributed by atoms with Crippen molar-refractivity contribution in [2.45, 2.75) is 136 Å². The Morgan fingerprint density at radius 1 is 0.681 bits per heavy atom. The fourth-order valence-corrected chi connectivity index (χ4v) is 10.7. The molecule has 2 N–H and O–H groups in total. The van der Waals surface area contributed by atoms with E-state index in [-0.39, 0.29) is 73.3 Å². The van der Waals surface area contributed by atoms with Gasteiger partial charge in [0.2, 0.25) is 11.8 Å². The van der Waals surface area contributed by atoms with E-state index in [4.69, 9.17) is 14.2 Å². The molecule has 0 spiro atoms. The highest BCUT2D eigenvalue weighted by molar-refractivity contribution is 6.10. The molecule has 5 aromatic carbocycles. The van der Waals surface area contributed by atoms with E-state index in [1.807, 2.05) is 96.4 Å². The Morgan fingerprint density at radius 2 is 1.24 bits per heavy atom. The van der Waals surface area contributed by atoms with E-state index in [9.17, 15) is 28.8 Å². The van der Waals surface area contributed by atoms with Crippen LogP contribution in [0.15, 0.2) is 91.0 Å². The number of methoxy groups -OCH3 is 1. The number of aryl methyl sites for hydroxylation is 3. The number of carbonyl (C=O) groups excluding carboxylic acids is 6. The first kappa shape index (κ1) is 49.7. The van der Waals surface area contributed by atoms with Crippen molar-refractivity contribution < 1.29 is 43.0 Å². The summed E-state index contributed by atoms with van der Waals surface area (Å²) in [6.45, 7) is 7.28. The molecular weight excluding hydrogens is 909 g/mol. The van der Waals surface area contributed by atoms with Crippen LogP contribution in [0.1, 0.15) is 132 Å². The third-order valence-electron chi connectivity index (χ3n) is 14.8. The van der Waals surface area contributed by atoms with Crippen molar-refractivity contribution in [3.05, 3.63) is 141 Å². The lowest BCUT2D eigenvalue weighted by atomic mass is 9.98. The lowest BCUT2D eigenvalue weighted by Gasteiger charge is -2.23. The molecule has 4 atom stereocenters. The minimum absolute atomic E-state index is 0.00645. The summed E-state index contributed by atoms with van der Waals surface area (Å²) in [7, 11) is 1.55. The number of hydrogen-bond donors (Lipinski definition) is 2. The molecule has 4 aliphatic heterocycles. The van der Waals surface area contributed by atoms with Gasteiger partial charge in [0, 0.05) is 71.9 Å². The Bertz CT molecular complexity index is 2950. The number of ketones is 2. The van der Waals surface area contributed by atoms with Gasteiger partial charge in [0.25, 0.3) is 11.8 Å². The standard InChI is InChI=1S/C59H64N4O9/c1-6-47(64)15-9-12-18-56(66)60-37(4)52(65)24-36(3)57(67)61-44-26-38(33-71-53-30-40-19-21-45-28-42-13-7-10-16-50(42)62(45)58(68)48(40)23-35(53)2)25-39(27-44)34-72-55-31-41-20-22-46-29-43-14-8-11-17-51(43)63(46)59(69)49(41)32-54(55)70-5/h7-8,10-11,13-14,16-17,23,25-27,30-32,36-37,45-46H,6,9,12,15,18-22,24,28-29,33-34H2,1-5H3,(H,60,66)(H,61,67)/t36-,37-,45-,46-/m1/s1. The average molecular weight is 973 g/mol. The first-order valence-electron chi connectivity index (χ1n) is 25.5. The van der Waals surface area contributed by atoms with Crippen molar-refractivity contribution in [3.8, 4) is 17.2 Å². The molecule has 72 heavy (non-hydrogen) atoms. The summed E-state index contributed by atoms with van der Waals surface area (Å²) in [5, 5.41) is 5.77. The van der Waals surface area contributed by atoms with Gasteiger partial charge in [-0.2, -0.15) is 0 Å². The fourth-order valence-electron chi connectivity index (χ4n) is 10.7. The molecule has 0 saturated carbocycles. The van der Waals surface area contributed by atoms with Gasteiger partial charge in [-0.05, 0) is 159 Å². The Balaban J connectivity index is 0.918. The molecular formula is C59H64N4O9. The first-order chi connectivity index (χ1) is 34.8. The van der Waals surface area contributed by atoms with Crippen molar-refractivity contribution in [2.75, 3.05) is 22.2 Å². The second-order valence-corrected chi connectivity index (χ2v) is 19.9. The quantitative estimate of drug-likeness (QED) is 0.0768. The van der Waals surface area contributed by atoms with Crippen molar-refractivity contribution in [1.29, 1.82) is 0 Å². The molecule has 13 nitrogen and oxygen atoms in total. The molecule has 0 radical (unpaired) electrons. The molecule has 4 heterocycles. The topological polar surface area (TPSA) is 161 Å². The average Bonchev–Trinajstić information content (AvgIpc) is 3.87. The predicted molar refractivity (Wildman–Crippen MR) is 276 cm³/mol. The molecule has 0 saturated heterocycles. The summed E-state index contributed by atoms with van der Waals surface area (Å²) in [5.74, 6) is 0.0456. The molecule has 13 heteroatoms. The van der Waals surface area contributed by atoms with Crippen LogP contribution in [-0.2, 0) is 58.1 Å². The van der Waals surface area contributed by atoms with E-state index < -0.39 is 12.0 Å². The maximum atomic E-state index is 14.1. The number of anilines is 3. The van der Waals surface area contributed by atoms with Gasteiger partial charge in [0.1, 0.15) is 24.7 Å². The number of nitrogens with zero attached hydrogens (tertiary/aromatic N) is 2. The van der Waals surface area contributed by atoms with Gasteiger partial charge in [-0.1, -0.05) is 50.2 Å². The molecule has 374 valence electrons. The maximum absolute atomic E-state index is 14.1. The van der Waals surface area contributed by atoms with Crippen molar-refractivity contribution in [2.24, 2.45) is 5.92 Å². The van der Waals surface area contributed by atoms with Crippen LogP contribution in [-0.4, -0.2) is 60.4 Å². The Kier molecular flexibility index (Phi) is 14.9. The number of hydrogen-bond acceptors (Lipinski definition) is 9.